The van der Waals surface area contributed by atoms with Crippen molar-refractivity contribution in [1.29, 1.82) is 0 Å². The number of pyridine rings is 1. The van der Waals surface area contributed by atoms with Crippen molar-refractivity contribution in [3.05, 3.63) is 83.0 Å². The second-order valence-corrected chi connectivity index (χ2v) is 13.1. The minimum atomic E-state index is -1.19. The molecule has 0 radical (unpaired) electrons. The lowest BCUT2D eigenvalue weighted by Gasteiger charge is -2.28. The number of benzene rings is 3. The van der Waals surface area contributed by atoms with Crippen LogP contribution in [0.15, 0.2) is 66.9 Å². The summed E-state index contributed by atoms with van der Waals surface area (Å²) in [5.41, 5.74) is 6.08. The lowest BCUT2D eigenvalue weighted by Crippen LogP contribution is -2.35. The Morgan fingerprint density at radius 2 is 1.80 bits per heavy atom. The molecule has 5 aromatic rings. The maximum absolute atomic E-state index is 12.6. The molecule has 224 valence electrons. The first-order chi connectivity index (χ1) is 20.9. The Morgan fingerprint density at radius 3 is 2.50 bits per heavy atom. The molecule has 0 spiro atoms. The summed E-state index contributed by atoms with van der Waals surface area (Å²) in [7, 11) is 1.73. The zero-order valence-electron chi connectivity index (χ0n) is 24.8. The first-order valence-electron chi connectivity index (χ1n) is 14.0. The van der Waals surface area contributed by atoms with E-state index >= 15 is 0 Å². The maximum atomic E-state index is 12.6. The zero-order chi connectivity index (χ0) is 31.3. The van der Waals surface area contributed by atoms with Gasteiger partial charge in [-0.05, 0) is 87.4 Å². The van der Waals surface area contributed by atoms with Gasteiger partial charge in [-0.2, -0.15) is 0 Å². The Kier molecular flexibility index (Phi) is 7.65. The third-order valence-corrected chi connectivity index (χ3v) is 8.76. The van der Waals surface area contributed by atoms with Crippen molar-refractivity contribution < 1.29 is 24.2 Å². The highest BCUT2D eigenvalue weighted by atomic mass is 35.5. The van der Waals surface area contributed by atoms with Crippen molar-refractivity contribution in [1.82, 2.24) is 9.97 Å². The van der Waals surface area contributed by atoms with Crippen LogP contribution >= 0.6 is 22.9 Å². The van der Waals surface area contributed by atoms with Crippen LogP contribution in [0.2, 0.25) is 5.02 Å². The third-order valence-electron chi connectivity index (χ3n) is 7.37. The second-order valence-electron chi connectivity index (χ2n) is 11.7. The third kappa shape index (κ3) is 5.66. The minimum Gasteiger partial charge on any atom is -0.482 e. The summed E-state index contributed by atoms with van der Waals surface area (Å²) < 4.78 is 12.6. The highest BCUT2D eigenvalue weighted by Gasteiger charge is 2.32. The molecule has 0 unspecified atom stereocenters. The molecule has 44 heavy (non-hydrogen) atoms. The normalized spacial score (nSPS) is 14.0. The molecule has 3 heterocycles. The number of likely N-dealkylation sites (N-methyl/N-ethyl adjacent to an activating group) is 1. The second kappa shape index (κ2) is 11.3. The summed E-state index contributed by atoms with van der Waals surface area (Å²) in [6.45, 7) is 7.44. The molecule has 1 atom stereocenters. The van der Waals surface area contributed by atoms with Gasteiger partial charge < -0.3 is 19.5 Å². The number of carbonyl (C=O) groups excluding carboxylic acids is 1. The summed E-state index contributed by atoms with van der Waals surface area (Å²) in [6, 6.07) is 18.8. The van der Waals surface area contributed by atoms with Crippen molar-refractivity contribution in [2.75, 3.05) is 18.6 Å². The molecule has 0 aliphatic carbocycles. The van der Waals surface area contributed by atoms with Crippen molar-refractivity contribution >= 4 is 50.7 Å². The number of anilines is 1. The van der Waals surface area contributed by atoms with Crippen molar-refractivity contribution in [2.45, 2.75) is 39.4 Å². The minimum absolute atomic E-state index is 0.0168. The number of aromatic nitrogens is 2. The van der Waals surface area contributed by atoms with Crippen LogP contribution in [0.25, 0.3) is 43.2 Å². The van der Waals surface area contributed by atoms with E-state index in [-0.39, 0.29) is 12.5 Å². The predicted molar refractivity (Wildman–Crippen MR) is 174 cm³/mol. The standard InChI is InChI=1S/C34H30ClN3O5S/c1-18-14-24-31(29(19-6-9-22(35)10-7-19)28(18)30(33(40)41)43-34(2,3)4)44-32(37-24)21-12-13-36-23(15-21)20-8-11-26-25(16-20)38(5)27(39)17-42-26/h6-16,30H,17H2,1-5H3,(H,40,41)/t30-/m0/s1. The molecule has 8 nitrogen and oxygen atoms in total. The quantitative estimate of drug-likeness (QED) is 0.204. The smallest absolute Gasteiger partial charge is 0.337 e. The van der Waals surface area contributed by atoms with Crippen LogP contribution in [0.3, 0.4) is 0 Å². The number of carboxylic acids is 1. The van der Waals surface area contributed by atoms with Crippen LogP contribution in [0.1, 0.15) is 38.0 Å². The van der Waals surface area contributed by atoms with Crippen LogP contribution in [-0.4, -0.2) is 46.2 Å². The number of hydrogen-bond acceptors (Lipinski definition) is 7. The first-order valence-corrected chi connectivity index (χ1v) is 15.2. The molecular formula is C34H30ClN3O5S. The van der Waals surface area contributed by atoms with Gasteiger partial charge in [0.25, 0.3) is 5.91 Å². The van der Waals surface area contributed by atoms with Gasteiger partial charge in [0.1, 0.15) is 10.8 Å². The van der Waals surface area contributed by atoms with E-state index in [1.165, 1.54) is 11.3 Å². The summed E-state index contributed by atoms with van der Waals surface area (Å²) in [5, 5.41) is 11.7. The molecule has 1 amide bonds. The summed E-state index contributed by atoms with van der Waals surface area (Å²) in [5.74, 6) is -0.534. The molecule has 2 aromatic heterocycles. The fourth-order valence-electron chi connectivity index (χ4n) is 5.32. The average molecular weight is 628 g/mol. The monoisotopic (exact) mass is 627 g/mol. The van der Waals surface area contributed by atoms with Gasteiger partial charge in [-0.15, -0.1) is 11.3 Å². The van der Waals surface area contributed by atoms with Gasteiger partial charge >= 0.3 is 5.97 Å². The number of rotatable bonds is 6. The van der Waals surface area contributed by atoms with E-state index in [0.717, 1.165) is 48.7 Å². The van der Waals surface area contributed by atoms with E-state index in [1.807, 2.05) is 76.2 Å². The number of amides is 1. The van der Waals surface area contributed by atoms with E-state index in [4.69, 9.17) is 26.1 Å². The van der Waals surface area contributed by atoms with E-state index < -0.39 is 17.7 Å². The van der Waals surface area contributed by atoms with Gasteiger partial charge in [0.05, 0.1) is 27.2 Å². The summed E-state index contributed by atoms with van der Waals surface area (Å²) in [6.07, 6.45) is 0.539. The number of aryl methyl sites for hydroxylation is 1. The SMILES string of the molecule is Cc1cc2nc(-c3ccnc(-c4ccc5c(c4)N(C)C(=O)CO5)c3)sc2c(-c2ccc(Cl)cc2)c1[C@H](OC(C)(C)C)C(=O)O. The molecule has 1 aliphatic heterocycles. The van der Waals surface area contributed by atoms with Gasteiger partial charge in [0, 0.05) is 40.5 Å². The van der Waals surface area contributed by atoms with Gasteiger partial charge in [0.15, 0.2) is 12.7 Å². The number of thiazole rings is 1. The number of carbonyl (C=O) groups is 2. The lowest BCUT2D eigenvalue weighted by molar-refractivity contribution is -0.160. The van der Waals surface area contributed by atoms with Crippen molar-refractivity contribution in [3.63, 3.8) is 0 Å². The topological polar surface area (TPSA) is 102 Å². The number of nitrogens with zero attached hydrogens (tertiary/aromatic N) is 3. The van der Waals surface area contributed by atoms with Crippen molar-refractivity contribution in [3.8, 4) is 38.7 Å². The zero-order valence-corrected chi connectivity index (χ0v) is 26.4. The number of fused-ring (bicyclic) bond motifs is 2. The molecule has 10 heteroatoms. The molecule has 0 saturated carbocycles. The van der Waals surface area contributed by atoms with Crippen LogP contribution < -0.4 is 9.64 Å². The first kappa shape index (κ1) is 29.7. The number of halogens is 1. The molecule has 0 bridgehead atoms. The van der Waals surface area contributed by atoms with E-state index in [0.29, 0.717) is 22.0 Å². The lowest BCUT2D eigenvalue weighted by atomic mass is 9.91. The fourth-order valence-corrected chi connectivity index (χ4v) is 6.56. The highest BCUT2D eigenvalue weighted by molar-refractivity contribution is 7.22. The largest absolute Gasteiger partial charge is 0.482 e. The Bertz CT molecular complexity index is 1930. The molecule has 0 fully saturated rings. The van der Waals surface area contributed by atoms with Gasteiger partial charge in [-0.25, -0.2) is 9.78 Å². The fraction of sp³-hybridized carbons (Fsp3) is 0.235. The Hall–Kier alpha value is -4.31. The van der Waals surface area contributed by atoms with E-state index in [9.17, 15) is 14.7 Å². The van der Waals surface area contributed by atoms with Crippen LogP contribution in [0.4, 0.5) is 5.69 Å². The van der Waals surface area contributed by atoms with E-state index in [2.05, 4.69) is 4.98 Å². The summed E-state index contributed by atoms with van der Waals surface area (Å²) >= 11 is 7.71. The van der Waals surface area contributed by atoms with Gasteiger partial charge in [-0.1, -0.05) is 23.7 Å². The average Bonchev–Trinajstić information content (AvgIpc) is 3.41. The molecule has 1 aliphatic rings. The van der Waals surface area contributed by atoms with Crippen molar-refractivity contribution in [2.24, 2.45) is 0 Å². The van der Waals surface area contributed by atoms with Crippen LogP contribution in [-0.2, 0) is 14.3 Å². The van der Waals surface area contributed by atoms with E-state index in [1.54, 1.807) is 30.3 Å². The molecule has 3 aromatic carbocycles. The Labute approximate surface area is 263 Å². The van der Waals surface area contributed by atoms with Gasteiger partial charge in [0.2, 0.25) is 0 Å². The van der Waals surface area contributed by atoms with Crippen LogP contribution in [0.5, 0.6) is 5.75 Å². The summed E-state index contributed by atoms with van der Waals surface area (Å²) in [4.78, 5) is 36.0. The Balaban J connectivity index is 1.50. The number of aliphatic carboxylic acids is 1. The Morgan fingerprint density at radius 1 is 1.07 bits per heavy atom. The van der Waals surface area contributed by atoms with Crippen LogP contribution in [0, 0.1) is 6.92 Å². The highest BCUT2D eigenvalue weighted by Crippen LogP contribution is 2.45. The number of ether oxygens (including phenoxy) is 2. The number of carboxylic acid groups (broad SMARTS) is 1. The molecule has 1 N–H and O–H groups in total. The molecule has 6 rings (SSSR count). The maximum Gasteiger partial charge on any atom is 0.337 e. The van der Waals surface area contributed by atoms with Gasteiger partial charge in [-0.3, -0.25) is 9.78 Å². The molecule has 0 saturated heterocycles. The molecular weight excluding hydrogens is 598 g/mol. The number of hydrogen-bond donors (Lipinski definition) is 1. The predicted octanol–water partition coefficient (Wildman–Crippen LogP) is 7.95.